The molecule has 2 aliphatic heterocycles. The number of rotatable bonds is 8. The number of ether oxygens (including phenoxy) is 1. The summed E-state index contributed by atoms with van der Waals surface area (Å²) in [4.78, 5) is 41.4. The molecule has 0 atom stereocenters. The normalized spacial score (nSPS) is 15.9. The number of carboxylic acids is 1. The maximum Gasteiger partial charge on any atom is 0.303 e. The van der Waals surface area contributed by atoms with Crippen LogP contribution in [0.15, 0.2) is 66.7 Å². The minimum absolute atomic E-state index is 0.000635. The number of aryl methyl sites for hydroxylation is 1. The van der Waals surface area contributed by atoms with Crippen LogP contribution in [0.3, 0.4) is 0 Å². The number of carbonyl (C=O) groups excluding carboxylic acids is 2. The molecule has 3 aromatic rings. The van der Waals surface area contributed by atoms with Gasteiger partial charge in [0.25, 0.3) is 5.91 Å². The SMILES string of the molecule is O=C(O)CCc1ccc2c(c1)CN(C(=O)c1ccc(Cl)cc1)CC(=O)N2Cc1ccc(OC2CCNCC2)cc1. The molecule has 0 unspecified atom stereocenters. The Kier molecular flexibility index (Phi) is 8.67. The zero-order valence-corrected chi connectivity index (χ0v) is 22.9. The Morgan fingerprint density at radius 3 is 2.35 bits per heavy atom. The van der Waals surface area contributed by atoms with Crippen LogP contribution in [0.2, 0.25) is 5.02 Å². The van der Waals surface area contributed by atoms with Crippen molar-refractivity contribution in [1.29, 1.82) is 0 Å². The second-order valence-electron chi connectivity index (χ2n) is 10.2. The Morgan fingerprint density at radius 2 is 1.65 bits per heavy atom. The number of nitrogens with zero attached hydrogens (tertiary/aromatic N) is 2. The molecule has 1 saturated heterocycles. The van der Waals surface area contributed by atoms with Gasteiger partial charge in [-0.2, -0.15) is 0 Å². The van der Waals surface area contributed by atoms with Crippen molar-refractivity contribution in [2.75, 3.05) is 24.5 Å². The van der Waals surface area contributed by atoms with E-state index in [1.807, 2.05) is 42.5 Å². The van der Waals surface area contributed by atoms with Gasteiger partial charge >= 0.3 is 5.97 Å². The van der Waals surface area contributed by atoms with Crippen LogP contribution in [0, 0.1) is 0 Å². The lowest BCUT2D eigenvalue weighted by Crippen LogP contribution is -2.39. The predicted molar refractivity (Wildman–Crippen MR) is 153 cm³/mol. The van der Waals surface area contributed by atoms with Gasteiger partial charge in [-0.25, -0.2) is 0 Å². The Labute approximate surface area is 238 Å². The summed E-state index contributed by atoms with van der Waals surface area (Å²) in [6.07, 6.45) is 2.51. The summed E-state index contributed by atoms with van der Waals surface area (Å²) in [5, 5.41) is 13.0. The molecule has 3 aromatic carbocycles. The molecule has 2 amide bonds. The van der Waals surface area contributed by atoms with Gasteiger partial charge in [0.15, 0.2) is 0 Å². The molecule has 0 aromatic heterocycles. The smallest absolute Gasteiger partial charge is 0.303 e. The fourth-order valence-electron chi connectivity index (χ4n) is 5.13. The van der Waals surface area contributed by atoms with Gasteiger partial charge in [-0.3, -0.25) is 14.4 Å². The molecule has 0 radical (unpaired) electrons. The summed E-state index contributed by atoms with van der Waals surface area (Å²) in [5.41, 5.74) is 3.73. The van der Waals surface area contributed by atoms with E-state index < -0.39 is 5.97 Å². The van der Waals surface area contributed by atoms with E-state index in [9.17, 15) is 14.4 Å². The molecule has 0 bridgehead atoms. The van der Waals surface area contributed by atoms with Crippen molar-refractivity contribution in [3.8, 4) is 5.75 Å². The van der Waals surface area contributed by atoms with Crippen LogP contribution >= 0.6 is 11.6 Å². The highest BCUT2D eigenvalue weighted by Crippen LogP contribution is 2.30. The van der Waals surface area contributed by atoms with Crippen molar-refractivity contribution in [2.24, 2.45) is 0 Å². The Hall–Kier alpha value is -3.88. The van der Waals surface area contributed by atoms with Gasteiger partial charge in [0.1, 0.15) is 18.4 Å². The first-order valence-corrected chi connectivity index (χ1v) is 13.9. The van der Waals surface area contributed by atoms with Crippen molar-refractivity contribution >= 4 is 35.1 Å². The first kappa shape index (κ1) is 27.7. The van der Waals surface area contributed by atoms with Crippen LogP contribution in [0.4, 0.5) is 5.69 Å². The van der Waals surface area contributed by atoms with Crippen LogP contribution in [0.5, 0.6) is 5.75 Å². The number of aliphatic carboxylic acids is 1. The monoisotopic (exact) mass is 561 g/mol. The highest BCUT2D eigenvalue weighted by atomic mass is 35.5. The van der Waals surface area contributed by atoms with Gasteiger partial charge in [-0.1, -0.05) is 35.9 Å². The second kappa shape index (κ2) is 12.5. The maximum atomic E-state index is 13.6. The number of hydrogen-bond donors (Lipinski definition) is 2. The van der Waals surface area contributed by atoms with E-state index in [1.54, 1.807) is 29.2 Å². The minimum Gasteiger partial charge on any atom is -0.490 e. The van der Waals surface area contributed by atoms with E-state index in [-0.39, 0.29) is 37.4 Å². The third-order valence-electron chi connectivity index (χ3n) is 7.28. The molecule has 9 heteroatoms. The molecule has 5 rings (SSSR count). The Morgan fingerprint density at radius 1 is 0.950 bits per heavy atom. The Balaban J connectivity index is 1.39. The minimum atomic E-state index is -0.876. The number of benzene rings is 3. The number of hydrogen-bond acceptors (Lipinski definition) is 5. The summed E-state index contributed by atoms with van der Waals surface area (Å²) < 4.78 is 6.13. The van der Waals surface area contributed by atoms with Crippen LogP contribution in [0.25, 0.3) is 0 Å². The Bertz CT molecular complexity index is 1370. The average molecular weight is 562 g/mol. The largest absolute Gasteiger partial charge is 0.490 e. The second-order valence-corrected chi connectivity index (χ2v) is 10.7. The first-order chi connectivity index (χ1) is 19.4. The van der Waals surface area contributed by atoms with E-state index >= 15 is 0 Å². The number of carbonyl (C=O) groups is 3. The number of fused-ring (bicyclic) bond motifs is 1. The molecule has 8 nitrogen and oxygen atoms in total. The molecule has 1 fully saturated rings. The molecule has 0 spiro atoms. The van der Waals surface area contributed by atoms with Crippen molar-refractivity contribution in [3.63, 3.8) is 0 Å². The summed E-state index contributed by atoms with van der Waals surface area (Å²) >= 11 is 6.00. The molecule has 2 aliphatic rings. The third-order valence-corrected chi connectivity index (χ3v) is 7.53. The summed E-state index contributed by atoms with van der Waals surface area (Å²) in [6, 6.07) is 20.0. The average Bonchev–Trinajstić information content (AvgIpc) is 3.09. The molecular formula is C31H32ClN3O5. The van der Waals surface area contributed by atoms with Gasteiger partial charge in [-0.15, -0.1) is 0 Å². The fourth-order valence-corrected chi connectivity index (χ4v) is 5.26. The molecule has 40 heavy (non-hydrogen) atoms. The van der Waals surface area contributed by atoms with Crippen molar-refractivity contribution < 1.29 is 24.2 Å². The number of piperidine rings is 1. The van der Waals surface area contributed by atoms with Crippen molar-refractivity contribution in [3.05, 3.63) is 94.0 Å². The van der Waals surface area contributed by atoms with Crippen molar-refractivity contribution in [1.82, 2.24) is 10.2 Å². The summed E-state index contributed by atoms with van der Waals surface area (Å²) in [5.74, 6) is -0.539. The fraction of sp³-hybridized carbons (Fsp3) is 0.323. The van der Waals surface area contributed by atoms with E-state index in [1.165, 1.54) is 4.90 Å². The molecule has 2 heterocycles. The quantitative estimate of drug-likeness (QED) is 0.414. The number of amides is 2. The lowest BCUT2D eigenvalue weighted by molar-refractivity contribution is -0.137. The van der Waals surface area contributed by atoms with E-state index in [0.717, 1.165) is 48.4 Å². The zero-order chi connectivity index (χ0) is 28.1. The zero-order valence-electron chi connectivity index (χ0n) is 22.1. The lowest BCUT2D eigenvalue weighted by atomic mass is 10.0. The summed E-state index contributed by atoms with van der Waals surface area (Å²) in [7, 11) is 0. The van der Waals surface area contributed by atoms with E-state index in [0.29, 0.717) is 29.2 Å². The van der Waals surface area contributed by atoms with Gasteiger partial charge < -0.3 is 25.0 Å². The van der Waals surface area contributed by atoms with Crippen LogP contribution in [-0.2, 0) is 29.1 Å². The van der Waals surface area contributed by atoms with Crippen molar-refractivity contribution in [2.45, 2.75) is 44.9 Å². The van der Waals surface area contributed by atoms with Gasteiger partial charge in [0.2, 0.25) is 5.91 Å². The van der Waals surface area contributed by atoms with Crippen LogP contribution in [0.1, 0.15) is 46.3 Å². The molecule has 0 aliphatic carbocycles. The van der Waals surface area contributed by atoms with Gasteiger partial charge in [-0.05, 0) is 91.5 Å². The number of anilines is 1. The molecule has 0 saturated carbocycles. The molecule has 208 valence electrons. The van der Waals surface area contributed by atoms with Crippen LogP contribution in [-0.4, -0.2) is 53.5 Å². The standard InChI is InChI=1S/C31H32ClN3O5/c32-25-7-5-23(6-8-25)31(39)34-19-24-17-21(4-12-30(37)38)3-11-28(24)35(29(36)20-34)18-22-1-9-26(10-2-22)40-27-13-15-33-16-14-27/h1-3,5-11,17,27,33H,4,12-16,18-20H2,(H,37,38). The van der Waals surface area contributed by atoms with Crippen LogP contribution < -0.4 is 15.0 Å². The van der Waals surface area contributed by atoms with E-state index in [4.69, 9.17) is 21.4 Å². The number of carboxylic acid groups (broad SMARTS) is 1. The van der Waals surface area contributed by atoms with Gasteiger partial charge in [0, 0.05) is 29.2 Å². The highest BCUT2D eigenvalue weighted by Gasteiger charge is 2.30. The topological polar surface area (TPSA) is 99.2 Å². The molecular weight excluding hydrogens is 530 g/mol. The highest BCUT2D eigenvalue weighted by molar-refractivity contribution is 6.30. The maximum absolute atomic E-state index is 13.6. The predicted octanol–water partition coefficient (Wildman–Crippen LogP) is 4.68. The number of halogens is 1. The molecule has 2 N–H and O–H groups in total. The first-order valence-electron chi connectivity index (χ1n) is 13.5. The third kappa shape index (κ3) is 6.81. The van der Waals surface area contributed by atoms with E-state index in [2.05, 4.69) is 5.32 Å². The summed E-state index contributed by atoms with van der Waals surface area (Å²) in [6.45, 7) is 2.38. The lowest BCUT2D eigenvalue weighted by Gasteiger charge is -2.25. The van der Waals surface area contributed by atoms with Gasteiger partial charge in [0.05, 0.1) is 6.54 Å². The number of nitrogens with one attached hydrogen (secondary N) is 1.